The summed E-state index contributed by atoms with van der Waals surface area (Å²) in [5, 5.41) is 11.0. The van der Waals surface area contributed by atoms with E-state index in [4.69, 9.17) is 0 Å². The second-order valence-electron chi connectivity index (χ2n) is 4.30. The molecule has 0 radical (unpaired) electrons. The molecule has 3 rings (SSSR count). The van der Waals surface area contributed by atoms with Crippen molar-refractivity contribution in [2.24, 2.45) is 0 Å². The molecule has 2 aromatic rings. The summed E-state index contributed by atoms with van der Waals surface area (Å²) in [7, 11) is 1.83. The second kappa shape index (κ2) is 4.20. The van der Waals surface area contributed by atoms with Gasteiger partial charge in [-0.2, -0.15) is 15.1 Å². The fraction of sp³-hybridized carbons (Fsp3) is 0.545. The fourth-order valence-corrected chi connectivity index (χ4v) is 2.28. The predicted molar refractivity (Wildman–Crippen MR) is 67.3 cm³/mol. The highest BCUT2D eigenvalue weighted by atomic mass is 15.3. The van der Waals surface area contributed by atoms with E-state index in [0.717, 1.165) is 29.9 Å². The van der Waals surface area contributed by atoms with Gasteiger partial charge in [-0.25, -0.2) is 0 Å². The van der Waals surface area contributed by atoms with Gasteiger partial charge in [0.25, 0.3) is 0 Å². The Morgan fingerprint density at radius 2 is 2.06 bits per heavy atom. The van der Waals surface area contributed by atoms with Gasteiger partial charge in [-0.05, 0) is 19.3 Å². The lowest BCUT2D eigenvalue weighted by Crippen LogP contribution is -2.30. The number of hydrogen-bond acceptors (Lipinski definition) is 5. The molecule has 0 saturated carbocycles. The molecule has 0 aliphatic carbocycles. The topological polar surface area (TPSA) is 69.7 Å². The van der Waals surface area contributed by atoms with Crippen LogP contribution in [0.4, 0.5) is 11.8 Å². The molecular weight excluding hydrogens is 216 g/mol. The van der Waals surface area contributed by atoms with E-state index in [1.807, 2.05) is 7.05 Å². The number of aromatic nitrogens is 4. The normalized spacial score (nSPS) is 16.4. The molecule has 2 aromatic heterocycles. The molecular formula is C11H16N6. The zero-order valence-electron chi connectivity index (χ0n) is 9.90. The summed E-state index contributed by atoms with van der Waals surface area (Å²) in [6.45, 7) is 2.14. The molecule has 3 heterocycles. The molecule has 0 amide bonds. The Kier molecular flexibility index (Phi) is 2.55. The van der Waals surface area contributed by atoms with Crippen LogP contribution >= 0.6 is 0 Å². The SMILES string of the molecule is CNc1nc(N2CCCCC2)c2cn[nH]c2n1. The maximum atomic E-state index is 4.56. The lowest BCUT2D eigenvalue weighted by atomic mass is 10.1. The molecule has 1 aliphatic heterocycles. The van der Waals surface area contributed by atoms with Crippen molar-refractivity contribution >= 4 is 22.8 Å². The summed E-state index contributed by atoms with van der Waals surface area (Å²) in [5.74, 6) is 1.63. The third kappa shape index (κ3) is 1.79. The summed E-state index contributed by atoms with van der Waals surface area (Å²) in [6, 6.07) is 0. The van der Waals surface area contributed by atoms with Crippen LogP contribution in [-0.4, -0.2) is 40.3 Å². The van der Waals surface area contributed by atoms with Crippen LogP contribution in [0.25, 0.3) is 11.0 Å². The van der Waals surface area contributed by atoms with Gasteiger partial charge in [0, 0.05) is 20.1 Å². The van der Waals surface area contributed by atoms with Crippen LogP contribution < -0.4 is 10.2 Å². The van der Waals surface area contributed by atoms with Gasteiger partial charge >= 0.3 is 0 Å². The number of hydrogen-bond donors (Lipinski definition) is 2. The van der Waals surface area contributed by atoms with E-state index in [0.29, 0.717) is 5.95 Å². The van der Waals surface area contributed by atoms with Gasteiger partial charge in [-0.3, -0.25) is 5.10 Å². The van der Waals surface area contributed by atoms with E-state index in [1.165, 1.54) is 19.3 Å². The standard InChI is InChI=1S/C11H16N6/c1-12-11-14-9-8(7-13-16-9)10(15-11)17-5-3-2-4-6-17/h7H,2-6H2,1H3,(H2,12,13,14,15,16). The van der Waals surface area contributed by atoms with Crippen molar-refractivity contribution in [3.8, 4) is 0 Å². The van der Waals surface area contributed by atoms with Gasteiger partial charge in [-0.15, -0.1) is 0 Å². The van der Waals surface area contributed by atoms with Crippen LogP contribution in [0.2, 0.25) is 0 Å². The molecule has 0 atom stereocenters. The molecule has 0 aromatic carbocycles. The third-order valence-corrected chi connectivity index (χ3v) is 3.17. The van der Waals surface area contributed by atoms with E-state index < -0.39 is 0 Å². The van der Waals surface area contributed by atoms with Crippen molar-refractivity contribution in [3.63, 3.8) is 0 Å². The summed E-state index contributed by atoms with van der Waals surface area (Å²) in [5.41, 5.74) is 0.796. The van der Waals surface area contributed by atoms with Gasteiger partial charge in [0.2, 0.25) is 5.95 Å². The molecule has 0 unspecified atom stereocenters. The van der Waals surface area contributed by atoms with Gasteiger partial charge in [0.05, 0.1) is 11.6 Å². The first-order valence-electron chi connectivity index (χ1n) is 6.02. The van der Waals surface area contributed by atoms with Crippen LogP contribution in [0, 0.1) is 0 Å². The lowest BCUT2D eigenvalue weighted by molar-refractivity contribution is 0.575. The smallest absolute Gasteiger partial charge is 0.226 e. The number of anilines is 2. The monoisotopic (exact) mass is 232 g/mol. The highest BCUT2D eigenvalue weighted by Gasteiger charge is 2.17. The van der Waals surface area contributed by atoms with Crippen LogP contribution in [-0.2, 0) is 0 Å². The number of piperidine rings is 1. The Morgan fingerprint density at radius 3 is 2.82 bits per heavy atom. The minimum Gasteiger partial charge on any atom is -0.357 e. The largest absolute Gasteiger partial charge is 0.357 e. The number of H-pyrrole nitrogens is 1. The molecule has 1 aliphatic rings. The van der Waals surface area contributed by atoms with Gasteiger partial charge in [-0.1, -0.05) is 0 Å². The van der Waals surface area contributed by atoms with Crippen LogP contribution in [0.3, 0.4) is 0 Å². The average Bonchev–Trinajstić information content (AvgIpc) is 2.86. The van der Waals surface area contributed by atoms with E-state index >= 15 is 0 Å². The van der Waals surface area contributed by atoms with E-state index in [9.17, 15) is 0 Å². The van der Waals surface area contributed by atoms with Crippen molar-refractivity contribution in [3.05, 3.63) is 6.20 Å². The Labute approximate surface area is 99.4 Å². The predicted octanol–water partition coefficient (Wildman–Crippen LogP) is 1.38. The zero-order chi connectivity index (χ0) is 11.7. The van der Waals surface area contributed by atoms with Crippen molar-refractivity contribution in [1.82, 2.24) is 20.2 Å². The zero-order valence-corrected chi connectivity index (χ0v) is 9.90. The Balaban J connectivity index is 2.08. The van der Waals surface area contributed by atoms with Crippen LogP contribution in [0.1, 0.15) is 19.3 Å². The second-order valence-corrected chi connectivity index (χ2v) is 4.30. The molecule has 1 saturated heterocycles. The van der Waals surface area contributed by atoms with Gasteiger partial charge < -0.3 is 10.2 Å². The van der Waals surface area contributed by atoms with Crippen molar-refractivity contribution < 1.29 is 0 Å². The Bertz CT molecular complexity index is 514. The minimum atomic E-state index is 0.641. The molecule has 2 N–H and O–H groups in total. The maximum Gasteiger partial charge on any atom is 0.226 e. The van der Waals surface area contributed by atoms with E-state index in [1.54, 1.807) is 6.20 Å². The number of nitrogens with one attached hydrogen (secondary N) is 2. The average molecular weight is 232 g/mol. The quantitative estimate of drug-likeness (QED) is 0.818. The summed E-state index contributed by atoms with van der Waals surface area (Å²) >= 11 is 0. The number of fused-ring (bicyclic) bond motifs is 1. The fourth-order valence-electron chi connectivity index (χ4n) is 2.28. The van der Waals surface area contributed by atoms with Gasteiger partial charge in [0.1, 0.15) is 5.82 Å². The van der Waals surface area contributed by atoms with Gasteiger partial charge in [0.15, 0.2) is 5.65 Å². The highest BCUT2D eigenvalue weighted by molar-refractivity contribution is 5.87. The Hall–Kier alpha value is -1.85. The number of rotatable bonds is 2. The first-order chi connectivity index (χ1) is 8.38. The Morgan fingerprint density at radius 1 is 1.24 bits per heavy atom. The molecule has 1 fully saturated rings. The molecule has 6 heteroatoms. The van der Waals surface area contributed by atoms with Crippen LogP contribution in [0.15, 0.2) is 6.20 Å². The first kappa shape index (κ1) is 10.3. The highest BCUT2D eigenvalue weighted by Crippen LogP contribution is 2.26. The van der Waals surface area contributed by atoms with Crippen molar-refractivity contribution in [2.45, 2.75) is 19.3 Å². The third-order valence-electron chi connectivity index (χ3n) is 3.17. The van der Waals surface area contributed by atoms with Crippen molar-refractivity contribution in [2.75, 3.05) is 30.4 Å². The van der Waals surface area contributed by atoms with E-state index in [2.05, 4.69) is 30.4 Å². The van der Waals surface area contributed by atoms with Crippen molar-refractivity contribution in [1.29, 1.82) is 0 Å². The number of nitrogens with zero attached hydrogens (tertiary/aromatic N) is 4. The first-order valence-corrected chi connectivity index (χ1v) is 6.02. The minimum absolute atomic E-state index is 0.641. The van der Waals surface area contributed by atoms with E-state index in [-0.39, 0.29) is 0 Å². The maximum absolute atomic E-state index is 4.56. The summed E-state index contributed by atoms with van der Waals surface area (Å²) in [6.07, 6.45) is 5.59. The molecule has 90 valence electrons. The number of aromatic amines is 1. The summed E-state index contributed by atoms with van der Waals surface area (Å²) < 4.78 is 0. The molecule has 0 bridgehead atoms. The van der Waals surface area contributed by atoms with Crippen LogP contribution in [0.5, 0.6) is 0 Å². The summed E-state index contributed by atoms with van der Waals surface area (Å²) in [4.78, 5) is 11.2. The lowest BCUT2D eigenvalue weighted by Gasteiger charge is -2.28. The molecule has 6 nitrogen and oxygen atoms in total. The molecule has 17 heavy (non-hydrogen) atoms. The molecule has 0 spiro atoms.